The van der Waals surface area contributed by atoms with Gasteiger partial charge in [-0.25, -0.2) is 4.68 Å². The molecule has 4 nitrogen and oxygen atoms in total. The molecule has 0 bridgehead atoms. The Balaban J connectivity index is 2.81. The van der Waals surface area contributed by atoms with Crippen LogP contribution in [0.25, 0.3) is 0 Å². The number of aryl methyl sites for hydroxylation is 2. The molecule has 0 amide bonds. The Kier molecular flexibility index (Phi) is 4.62. The molecule has 1 N–H and O–H groups in total. The van der Waals surface area contributed by atoms with Gasteiger partial charge < -0.3 is 10.1 Å². The maximum absolute atomic E-state index is 5.35. The van der Waals surface area contributed by atoms with Gasteiger partial charge in [0.25, 0.3) is 0 Å². The Morgan fingerprint density at radius 2 is 2.13 bits per heavy atom. The van der Waals surface area contributed by atoms with Crippen LogP contribution in [0.5, 0.6) is 5.88 Å². The molecule has 15 heavy (non-hydrogen) atoms. The summed E-state index contributed by atoms with van der Waals surface area (Å²) in [5.41, 5.74) is 2.31. The lowest BCUT2D eigenvalue weighted by Crippen LogP contribution is -2.15. The number of ether oxygens (including phenoxy) is 1. The summed E-state index contributed by atoms with van der Waals surface area (Å²) < 4.78 is 7.16. The van der Waals surface area contributed by atoms with Gasteiger partial charge in [0.2, 0.25) is 5.88 Å². The highest BCUT2D eigenvalue weighted by Gasteiger charge is 2.14. The van der Waals surface area contributed by atoms with E-state index in [-0.39, 0.29) is 0 Å². The molecule has 0 aliphatic heterocycles. The summed E-state index contributed by atoms with van der Waals surface area (Å²) in [6.07, 6.45) is 2.09. The maximum atomic E-state index is 5.35. The van der Waals surface area contributed by atoms with Crippen LogP contribution in [-0.4, -0.2) is 23.4 Å². The van der Waals surface area contributed by atoms with Crippen molar-refractivity contribution in [2.75, 3.05) is 13.7 Å². The Morgan fingerprint density at radius 1 is 1.40 bits per heavy atom. The molecule has 1 aromatic heterocycles. The van der Waals surface area contributed by atoms with Crippen LogP contribution in [0.1, 0.15) is 31.5 Å². The van der Waals surface area contributed by atoms with Crippen molar-refractivity contribution in [3.05, 3.63) is 11.3 Å². The summed E-state index contributed by atoms with van der Waals surface area (Å²) in [4.78, 5) is 0. The molecule has 1 heterocycles. The fourth-order valence-electron chi connectivity index (χ4n) is 1.71. The van der Waals surface area contributed by atoms with Crippen molar-refractivity contribution < 1.29 is 4.74 Å². The maximum Gasteiger partial charge on any atom is 0.216 e. The molecule has 0 unspecified atom stereocenters. The molecule has 1 rings (SSSR count). The first-order chi connectivity index (χ1) is 7.24. The lowest BCUT2D eigenvalue weighted by atomic mass is 10.2. The van der Waals surface area contributed by atoms with E-state index in [1.165, 1.54) is 5.56 Å². The second kappa shape index (κ2) is 5.75. The quantitative estimate of drug-likeness (QED) is 0.725. The summed E-state index contributed by atoms with van der Waals surface area (Å²) in [5, 5.41) is 7.81. The van der Waals surface area contributed by atoms with Crippen molar-refractivity contribution in [1.29, 1.82) is 0 Å². The van der Waals surface area contributed by atoms with Crippen LogP contribution in [0.3, 0.4) is 0 Å². The minimum Gasteiger partial charge on any atom is -0.481 e. The van der Waals surface area contributed by atoms with Crippen molar-refractivity contribution in [1.82, 2.24) is 15.1 Å². The van der Waals surface area contributed by atoms with Crippen molar-refractivity contribution in [3.8, 4) is 5.88 Å². The number of hydrogen-bond donors (Lipinski definition) is 1. The third kappa shape index (κ3) is 2.72. The van der Waals surface area contributed by atoms with E-state index >= 15 is 0 Å². The number of methoxy groups -OCH3 is 1. The smallest absolute Gasteiger partial charge is 0.216 e. The van der Waals surface area contributed by atoms with Gasteiger partial charge in [0.05, 0.1) is 18.4 Å². The normalized spacial score (nSPS) is 10.7. The van der Waals surface area contributed by atoms with E-state index in [4.69, 9.17) is 4.74 Å². The van der Waals surface area contributed by atoms with Gasteiger partial charge in [-0.2, -0.15) is 5.10 Å². The van der Waals surface area contributed by atoms with Gasteiger partial charge in [-0.1, -0.05) is 13.8 Å². The second-order valence-corrected chi connectivity index (χ2v) is 3.59. The summed E-state index contributed by atoms with van der Waals surface area (Å²) in [6.45, 7) is 6.15. The number of hydrogen-bond acceptors (Lipinski definition) is 3. The largest absolute Gasteiger partial charge is 0.481 e. The predicted octanol–water partition coefficient (Wildman–Crippen LogP) is 1.49. The van der Waals surface area contributed by atoms with Gasteiger partial charge in [0.1, 0.15) is 0 Å². The average Bonchev–Trinajstić information content (AvgIpc) is 2.55. The van der Waals surface area contributed by atoms with E-state index in [0.29, 0.717) is 0 Å². The monoisotopic (exact) mass is 211 g/mol. The first-order valence-corrected chi connectivity index (χ1v) is 5.54. The summed E-state index contributed by atoms with van der Waals surface area (Å²) in [5.74, 6) is 0.871. The fourth-order valence-corrected chi connectivity index (χ4v) is 1.71. The van der Waals surface area contributed by atoms with Crippen LogP contribution >= 0.6 is 0 Å². The Labute approximate surface area is 91.6 Å². The topological polar surface area (TPSA) is 39.1 Å². The van der Waals surface area contributed by atoms with Crippen molar-refractivity contribution in [3.63, 3.8) is 0 Å². The first kappa shape index (κ1) is 12.0. The van der Waals surface area contributed by atoms with Gasteiger partial charge in [-0.05, 0) is 19.4 Å². The molecule has 0 saturated carbocycles. The summed E-state index contributed by atoms with van der Waals surface area (Å²) in [7, 11) is 3.61. The van der Waals surface area contributed by atoms with Gasteiger partial charge in [0.15, 0.2) is 0 Å². The molecule has 0 saturated heterocycles. The second-order valence-electron chi connectivity index (χ2n) is 3.59. The number of nitrogens with one attached hydrogen (secondary N) is 1. The molecular formula is C11H21N3O. The third-order valence-electron chi connectivity index (χ3n) is 2.43. The van der Waals surface area contributed by atoms with Gasteiger partial charge in [-0.15, -0.1) is 0 Å². The molecule has 0 aromatic carbocycles. The van der Waals surface area contributed by atoms with Crippen LogP contribution < -0.4 is 10.1 Å². The molecular weight excluding hydrogens is 190 g/mol. The van der Waals surface area contributed by atoms with Crippen molar-refractivity contribution in [2.45, 2.75) is 33.2 Å². The van der Waals surface area contributed by atoms with E-state index < -0.39 is 0 Å². The molecule has 0 aliphatic rings. The highest BCUT2D eigenvalue weighted by molar-refractivity contribution is 5.31. The molecule has 1 aromatic rings. The standard InChI is InChI=1S/C11H21N3O/c1-5-7-12-8-9-10(6-2)13-14(3)11(9)15-4/h12H,5-8H2,1-4H3. The van der Waals surface area contributed by atoms with Gasteiger partial charge in [0, 0.05) is 13.6 Å². The lowest BCUT2D eigenvalue weighted by molar-refractivity contribution is 0.368. The molecule has 0 spiro atoms. The van der Waals surface area contributed by atoms with Crippen LogP contribution in [-0.2, 0) is 20.0 Å². The zero-order chi connectivity index (χ0) is 11.3. The molecule has 0 radical (unpaired) electrons. The number of rotatable bonds is 6. The van der Waals surface area contributed by atoms with E-state index in [1.54, 1.807) is 7.11 Å². The molecule has 4 heteroatoms. The summed E-state index contributed by atoms with van der Waals surface area (Å²) >= 11 is 0. The zero-order valence-electron chi connectivity index (χ0n) is 10.1. The predicted molar refractivity (Wildman–Crippen MR) is 61.1 cm³/mol. The van der Waals surface area contributed by atoms with Crippen molar-refractivity contribution in [2.24, 2.45) is 7.05 Å². The molecule has 0 aliphatic carbocycles. The van der Waals surface area contributed by atoms with E-state index in [9.17, 15) is 0 Å². The molecule has 86 valence electrons. The lowest BCUT2D eigenvalue weighted by Gasteiger charge is -2.06. The zero-order valence-corrected chi connectivity index (χ0v) is 10.1. The van der Waals surface area contributed by atoms with Crippen molar-refractivity contribution >= 4 is 0 Å². The first-order valence-electron chi connectivity index (χ1n) is 5.54. The van der Waals surface area contributed by atoms with Crippen LogP contribution in [0.4, 0.5) is 0 Å². The Hall–Kier alpha value is -1.03. The fraction of sp³-hybridized carbons (Fsp3) is 0.727. The Bertz CT molecular complexity index is 307. The van der Waals surface area contributed by atoms with E-state index in [1.807, 2.05) is 11.7 Å². The van der Waals surface area contributed by atoms with Crippen LogP contribution in [0.15, 0.2) is 0 Å². The van der Waals surface area contributed by atoms with Crippen LogP contribution in [0.2, 0.25) is 0 Å². The average molecular weight is 211 g/mol. The minimum atomic E-state index is 0.841. The Morgan fingerprint density at radius 3 is 2.67 bits per heavy atom. The minimum absolute atomic E-state index is 0.841. The molecule has 0 fully saturated rings. The van der Waals surface area contributed by atoms with E-state index in [0.717, 1.165) is 37.5 Å². The third-order valence-corrected chi connectivity index (χ3v) is 2.43. The number of aromatic nitrogens is 2. The summed E-state index contributed by atoms with van der Waals surface area (Å²) in [6, 6.07) is 0. The number of nitrogens with zero attached hydrogens (tertiary/aromatic N) is 2. The molecule has 0 atom stereocenters. The SMILES string of the molecule is CCCNCc1c(CC)nn(C)c1OC. The van der Waals surface area contributed by atoms with Gasteiger partial charge in [-0.3, -0.25) is 0 Å². The highest BCUT2D eigenvalue weighted by Crippen LogP contribution is 2.21. The highest BCUT2D eigenvalue weighted by atomic mass is 16.5. The van der Waals surface area contributed by atoms with Crippen LogP contribution in [0, 0.1) is 0 Å². The van der Waals surface area contributed by atoms with E-state index in [2.05, 4.69) is 24.3 Å². The van der Waals surface area contributed by atoms with Gasteiger partial charge >= 0.3 is 0 Å².